The van der Waals surface area contributed by atoms with Crippen LogP contribution in [0.1, 0.15) is 29.9 Å². The summed E-state index contributed by atoms with van der Waals surface area (Å²) < 4.78 is 7.69. The molecule has 3 aromatic rings. The first-order valence-corrected chi connectivity index (χ1v) is 9.46. The summed E-state index contributed by atoms with van der Waals surface area (Å²) in [4.78, 5) is 23.1. The molecule has 0 aliphatic rings. The molecule has 0 unspecified atom stereocenters. The van der Waals surface area contributed by atoms with Crippen LogP contribution in [0.2, 0.25) is 5.02 Å². The molecule has 0 radical (unpaired) electrons. The Bertz CT molecular complexity index is 1090. The van der Waals surface area contributed by atoms with Gasteiger partial charge in [0.2, 0.25) is 5.91 Å². The molecule has 7 heteroatoms. The summed E-state index contributed by atoms with van der Waals surface area (Å²) in [5.41, 5.74) is 3.43. The molecule has 29 heavy (non-hydrogen) atoms. The number of carbonyl (C=O) groups excluding carboxylic acids is 1. The summed E-state index contributed by atoms with van der Waals surface area (Å²) in [7, 11) is 0. The van der Waals surface area contributed by atoms with E-state index in [1.165, 1.54) is 13.0 Å². The maximum Gasteiger partial charge on any atom is 0.337 e. The number of nitrogens with zero attached hydrogens (tertiary/aromatic N) is 1. The van der Waals surface area contributed by atoms with Crippen LogP contribution in [0.5, 0.6) is 5.75 Å². The number of aromatic nitrogens is 1. The van der Waals surface area contributed by atoms with Crippen LogP contribution in [0.15, 0.2) is 48.5 Å². The number of ether oxygens (including phenoxy) is 1. The number of carboxylic acid groups (broad SMARTS) is 1. The van der Waals surface area contributed by atoms with Gasteiger partial charge in [-0.1, -0.05) is 11.6 Å². The topological polar surface area (TPSA) is 80.6 Å². The zero-order valence-electron chi connectivity index (χ0n) is 16.3. The fourth-order valence-corrected chi connectivity index (χ4v) is 3.39. The lowest BCUT2D eigenvalue weighted by Crippen LogP contribution is -2.12. The number of hydrogen-bond acceptors (Lipinski definition) is 3. The molecule has 0 bridgehead atoms. The molecule has 3 rings (SSSR count). The first-order chi connectivity index (χ1) is 13.8. The lowest BCUT2D eigenvalue weighted by atomic mass is 10.1. The highest BCUT2D eigenvalue weighted by atomic mass is 35.5. The van der Waals surface area contributed by atoms with E-state index in [4.69, 9.17) is 16.3 Å². The monoisotopic (exact) mass is 412 g/mol. The standard InChI is InChI=1S/C22H21ClN2O4/c1-4-29-21-10-6-15(23)11-18(21)20-9-5-13(2)25(20)16-7-8-19(24-14(3)26)17(12-16)22(27)28/h5-12H,4H2,1-3H3,(H,24,26)(H,27,28). The Kier molecular flexibility index (Phi) is 5.94. The normalized spacial score (nSPS) is 10.6. The molecule has 6 nitrogen and oxygen atoms in total. The lowest BCUT2D eigenvalue weighted by Gasteiger charge is -2.17. The summed E-state index contributed by atoms with van der Waals surface area (Å²) in [6, 6.07) is 14.2. The van der Waals surface area contributed by atoms with E-state index in [2.05, 4.69) is 5.32 Å². The molecule has 0 atom stereocenters. The van der Waals surface area contributed by atoms with Gasteiger partial charge in [-0.2, -0.15) is 0 Å². The van der Waals surface area contributed by atoms with E-state index < -0.39 is 5.97 Å². The van der Waals surface area contributed by atoms with Crippen LogP contribution in [-0.4, -0.2) is 28.2 Å². The van der Waals surface area contributed by atoms with E-state index in [-0.39, 0.29) is 17.2 Å². The minimum Gasteiger partial charge on any atom is -0.493 e. The summed E-state index contributed by atoms with van der Waals surface area (Å²) in [5, 5.41) is 12.7. The molecule has 1 heterocycles. The molecule has 0 fully saturated rings. The van der Waals surface area contributed by atoms with Crippen molar-refractivity contribution < 1.29 is 19.4 Å². The number of amides is 1. The zero-order valence-corrected chi connectivity index (χ0v) is 17.1. The summed E-state index contributed by atoms with van der Waals surface area (Å²) in [6.45, 7) is 5.67. The second-order valence-corrected chi connectivity index (χ2v) is 6.92. The second-order valence-electron chi connectivity index (χ2n) is 6.49. The van der Waals surface area contributed by atoms with Gasteiger partial charge in [0.1, 0.15) is 5.75 Å². The third-order valence-corrected chi connectivity index (χ3v) is 4.63. The number of nitrogens with one attached hydrogen (secondary N) is 1. The molecule has 150 valence electrons. The SMILES string of the molecule is CCOc1ccc(Cl)cc1-c1ccc(C)n1-c1ccc(NC(C)=O)c(C(=O)O)c1. The summed E-state index contributed by atoms with van der Waals surface area (Å²) in [6.07, 6.45) is 0. The predicted molar refractivity (Wildman–Crippen MR) is 113 cm³/mol. The number of aromatic carboxylic acids is 1. The highest BCUT2D eigenvalue weighted by Crippen LogP contribution is 2.36. The molecule has 2 N–H and O–H groups in total. The van der Waals surface area contributed by atoms with E-state index in [0.717, 1.165) is 17.0 Å². The Balaban J connectivity index is 2.19. The average molecular weight is 413 g/mol. The molecule has 0 saturated heterocycles. The van der Waals surface area contributed by atoms with Gasteiger partial charge in [0, 0.05) is 28.9 Å². The van der Waals surface area contributed by atoms with Crippen molar-refractivity contribution >= 4 is 29.2 Å². The fraction of sp³-hybridized carbons (Fsp3) is 0.182. The van der Waals surface area contributed by atoms with Gasteiger partial charge in [-0.05, 0) is 62.4 Å². The fourth-order valence-electron chi connectivity index (χ4n) is 3.22. The molecule has 1 aromatic heterocycles. The van der Waals surface area contributed by atoms with Crippen LogP contribution < -0.4 is 10.1 Å². The largest absolute Gasteiger partial charge is 0.493 e. The third kappa shape index (κ3) is 4.27. The maximum absolute atomic E-state index is 11.8. The number of rotatable bonds is 6. The minimum atomic E-state index is -1.13. The Morgan fingerprint density at radius 1 is 1.14 bits per heavy atom. The van der Waals surface area contributed by atoms with Gasteiger partial charge in [0.25, 0.3) is 0 Å². The van der Waals surface area contributed by atoms with Crippen molar-refractivity contribution in [2.24, 2.45) is 0 Å². The summed E-state index contributed by atoms with van der Waals surface area (Å²) >= 11 is 6.23. The number of benzene rings is 2. The van der Waals surface area contributed by atoms with Crippen molar-refractivity contribution in [3.63, 3.8) is 0 Å². The first-order valence-electron chi connectivity index (χ1n) is 9.08. The highest BCUT2D eigenvalue weighted by Gasteiger charge is 2.18. The Morgan fingerprint density at radius 2 is 1.90 bits per heavy atom. The number of aryl methyl sites for hydroxylation is 1. The van der Waals surface area contributed by atoms with Crippen LogP contribution in [-0.2, 0) is 4.79 Å². The molecule has 2 aromatic carbocycles. The van der Waals surface area contributed by atoms with Crippen molar-refractivity contribution in [2.75, 3.05) is 11.9 Å². The van der Waals surface area contributed by atoms with E-state index in [1.54, 1.807) is 18.2 Å². The number of anilines is 1. The van der Waals surface area contributed by atoms with Crippen molar-refractivity contribution in [3.8, 4) is 22.7 Å². The van der Waals surface area contributed by atoms with Gasteiger partial charge in [-0.3, -0.25) is 4.79 Å². The third-order valence-electron chi connectivity index (χ3n) is 4.40. The maximum atomic E-state index is 11.8. The second kappa shape index (κ2) is 8.41. The predicted octanol–water partition coefficient (Wildman–Crippen LogP) is 5.16. The number of carboxylic acids is 1. The molecule has 0 saturated carbocycles. The molecular formula is C22H21ClN2O4. The number of carbonyl (C=O) groups is 2. The first kappa shape index (κ1) is 20.5. The Morgan fingerprint density at radius 3 is 2.55 bits per heavy atom. The van der Waals surface area contributed by atoms with E-state index in [0.29, 0.717) is 23.1 Å². The average Bonchev–Trinajstić information content (AvgIpc) is 3.04. The molecule has 0 aliphatic heterocycles. The van der Waals surface area contributed by atoms with E-state index in [9.17, 15) is 14.7 Å². The summed E-state index contributed by atoms with van der Waals surface area (Å²) in [5.74, 6) is -0.775. The molecule has 0 spiro atoms. The highest BCUT2D eigenvalue weighted by molar-refractivity contribution is 6.31. The van der Waals surface area contributed by atoms with Crippen LogP contribution in [0, 0.1) is 6.92 Å². The van der Waals surface area contributed by atoms with Gasteiger partial charge >= 0.3 is 5.97 Å². The van der Waals surface area contributed by atoms with Crippen molar-refractivity contribution in [1.82, 2.24) is 4.57 Å². The Labute approximate surface area is 173 Å². The van der Waals surface area contributed by atoms with E-state index >= 15 is 0 Å². The van der Waals surface area contributed by atoms with Gasteiger partial charge in [-0.25, -0.2) is 4.79 Å². The van der Waals surface area contributed by atoms with Crippen LogP contribution in [0.25, 0.3) is 16.9 Å². The van der Waals surface area contributed by atoms with Gasteiger partial charge in [0.05, 0.1) is 23.6 Å². The van der Waals surface area contributed by atoms with Gasteiger partial charge in [0.15, 0.2) is 0 Å². The van der Waals surface area contributed by atoms with Crippen LogP contribution in [0.3, 0.4) is 0 Å². The zero-order chi connectivity index (χ0) is 21.1. The van der Waals surface area contributed by atoms with Crippen LogP contribution in [0.4, 0.5) is 5.69 Å². The van der Waals surface area contributed by atoms with Crippen molar-refractivity contribution in [3.05, 3.63) is 64.8 Å². The molecule has 0 aliphatic carbocycles. The van der Waals surface area contributed by atoms with E-state index in [1.807, 2.05) is 42.7 Å². The van der Waals surface area contributed by atoms with Gasteiger partial charge < -0.3 is 19.7 Å². The minimum absolute atomic E-state index is 0.00729. The number of halogens is 1. The van der Waals surface area contributed by atoms with Gasteiger partial charge in [-0.15, -0.1) is 0 Å². The quantitative estimate of drug-likeness (QED) is 0.585. The number of hydrogen-bond donors (Lipinski definition) is 2. The Hall–Kier alpha value is -3.25. The molecular weight excluding hydrogens is 392 g/mol. The van der Waals surface area contributed by atoms with Crippen molar-refractivity contribution in [2.45, 2.75) is 20.8 Å². The van der Waals surface area contributed by atoms with Crippen molar-refractivity contribution in [1.29, 1.82) is 0 Å². The van der Waals surface area contributed by atoms with Crippen LogP contribution >= 0.6 is 11.6 Å². The molecule has 1 amide bonds. The smallest absolute Gasteiger partial charge is 0.337 e. The lowest BCUT2D eigenvalue weighted by molar-refractivity contribution is -0.114.